The van der Waals surface area contributed by atoms with E-state index in [4.69, 9.17) is 4.99 Å². The Bertz CT molecular complexity index is 703. The number of nitrogens with one attached hydrogen (secondary N) is 2. The zero-order chi connectivity index (χ0) is 21.3. The van der Waals surface area contributed by atoms with Crippen molar-refractivity contribution in [1.29, 1.82) is 0 Å². The van der Waals surface area contributed by atoms with Gasteiger partial charge in [0.05, 0.1) is 12.6 Å². The molecule has 1 unspecified atom stereocenters. The van der Waals surface area contributed by atoms with Gasteiger partial charge in [-0.3, -0.25) is 24.4 Å². The van der Waals surface area contributed by atoms with Crippen molar-refractivity contribution in [2.75, 3.05) is 39.3 Å². The molecule has 0 aromatic carbocycles. The van der Waals surface area contributed by atoms with Crippen molar-refractivity contribution in [3.05, 3.63) is 22.4 Å². The lowest BCUT2D eigenvalue weighted by molar-refractivity contribution is -0.147. The van der Waals surface area contributed by atoms with E-state index >= 15 is 0 Å². The summed E-state index contributed by atoms with van der Waals surface area (Å²) < 4.78 is 0. The molecule has 0 radical (unpaired) electrons. The molecular weight excluding hydrogens is 525 g/mol. The monoisotopic (exact) mass is 561 g/mol. The average molecular weight is 562 g/mol. The Hall–Kier alpha value is -1.20. The van der Waals surface area contributed by atoms with Crippen LogP contribution in [0.2, 0.25) is 0 Å². The zero-order valence-corrected chi connectivity index (χ0v) is 21.8. The summed E-state index contributed by atoms with van der Waals surface area (Å²) in [5, 5.41) is 8.72. The maximum Gasteiger partial charge on any atom is 0.229 e. The van der Waals surface area contributed by atoms with Crippen molar-refractivity contribution in [3.8, 4) is 0 Å². The molecular formula is C22H36IN5O2S. The van der Waals surface area contributed by atoms with E-state index in [1.807, 2.05) is 6.92 Å². The van der Waals surface area contributed by atoms with Gasteiger partial charge in [-0.2, -0.15) is 0 Å². The molecule has 0 spiro atoms. The third-order valence-electron chi connectivity index (χ3n) is 5.91. The molecule has 7 nitrogen and oxygen atoms in total. The van der Waals surface area contributed by atoms with Crippen LogP contribution in [0.5, 0.6) is 0 Å². The summed E-state index contributed by atoms with van der Waals surface area (Å²) in [6, 6.07) is 4.61. The first kappa shape index (κ1) is 26.1. The minimum absolute atomic E-state index is 0. The first-order valence-corrected chi connectivity index (χ1v) is 12.1. The first-order valence-electron chi connectivity index (χ1n) is 11.2. The molecule has 2 aliphatic rings. The van der Waals surface area contributed by atoms with Gasteiger partial charge in [-0.15, -0.1) is 35.3 Å². The Morgan fingerprint density at radius 2 is 1.94 bits per heavy atom. The second kappa shape index (κ2) is 13.4. The van der Waals surface area contributed by atoms with Gasteiger partial charge >= 0.3 is 0 Å². The maximum atomic E-state index is 12.0. The van der Waals surface area contributed by atoms with Crippen LogP contribution in [0.3, 0.4) is 0 Å². The maximum absolute atomic E-state index is 12.0. The van der Waals surface area contributed by atoms with Gasteiger partial charge in [0, 0.05) is 37.4 Å². The lowest BCUT2D eigenvalue weighted by atomic mass is 9.97. The van der Waals surface area contributed by atoms with Gasteiger partial charge in [-0.05, 0) is 56.6 Å². The Morgan fingerprint density at radius 1 is 1.23 bits per heavy atom. The van der Waals surface area contributed by atoms with Crippen molar-refractivity contribution in [2.24, 2.45) is 10.9 Å². The minimum atomic E-state index is -0.0629. The number of nitrogens with zero attached hydrogens (tertiary/aromatic N) is 3. The molecule has 0 saturated carbocycles. The van der Waals surface area contributed by atoms with E-state index in [2.05, 4.69) is 40.0 Å². The van der Waals surface area contributed by atoms with Crippen LogP contribution in [-0.2, 0) is 9.59 Å². The predicted octanol–water partition coefficient (Wildman–Crippen LogP) is 3.23. The highest BCUT2D eigenvalue weighted by molar-refractivity contribution is 14.0. The van der Waals surface area contributed by atoms with Crippen LogP contribution in [0, 0.1) is 5.92 Å². The molecule has 3 rings (SSSR count). The summed E-state index contributed by atoms with van der Waals surface area (Å²) in [5.74, 6) is 1.41. The number of aliphatic imine (C=N–C) groups is 1. The minimum Gasteiger partial charge on any atom is -0.357 e. The molecule has 0 bridgehead atoms. The van der Waals surface area contributed by atoms with E-state index in [0.717, 1.165) is 31.5 Å². The Kier molecular flexibility index (Phi) is 11.2. The Balaban J connectivity index is 0.00000341. The van der Waals surface area contributed by atoms with Crippen LogP contribution < -0.4 is 10.6 Å². The number of amides is 2. The molecule has 2 fully saturated rings. The highest BCUT2D eigenvalue weighted by Gasteiger charge is 2.26. The predicted molar refractivity (Wildman–Crippen MR) is 137 cm³/mol. The second-order valence-corrected chi connectivity index (χ2v) is 9.17. The van der Waals surface area contributed by atoms with Crippen molar-refractivity contribution in [1.82, 2.24) is 20.4 Å². The van der Waals surface area contributed by atoms with Gasteiger partial charge in [-0.25, -0.2) is 0 Å². The Labute approximate surface area is 207 Å². The van der Waals surface area contributed by atoms with E-state index in [9.17, 15) is 9.59 Å². The first-order chi connectivity index (χ1) is 14.6. The van der Waals surface area contributed by atoms with Crippen LogP contribution in [0.25, 0.3) is 0 Å². The van der Waals surface area contributed by atoms with Crippen LogP contribution >= 0.6 is 35.3 Å². The Morgan fingerprint density at radius 3 is 2.55 bits per heavy atom. The summed E-state index contributed by atoms with van der Waals surface area (Å²) in [5.41, 5.74) is 0. The van der Waals surface area contributed by atoms with Gasteiger partial charge in [0.2, 0.25) is 11.8 Å². The highest BCUT2D eigenvalue weighted by Crippen LogP contribution is 2.29. The number of carbonyl (C=O) groups is 2. The summed E-state index contributed by atoms with van der Waals surface area (Å²) in [7, 11) is 0. The molecule has 31 heavy (non-hydrogen) atoms. The zero-order valence-electron chi connectivity index (χ0n) is 18.6. The highest BCUT2D eigenvalue weighted by atomic mass is 127. The number of imide groups is 1. The van der Waals surface area contributed by atoms with E-state index < -0.39 is 0 Å². The fourth-order valence-electron chi connectivity index (χ4n) is 4.06. The van der Waals surface area contributed by atoms with E-state index in [1.165, 1.54) is 22.6 Å². The third kappa shape index (κ3) is 7.71. The number of likely N-dealkylation sites (tertiary alicyclic amines) is 2. The number of carbonyl (C=O) groups excluding carboxylic acids is 2. The molecule has 3 heterocycles. The topological polar surface area (TPSA) is 77.0 Å². The van der Waals surface area contributed by atoms with E-state index in [1.54, 1.807) is 11.3 Å². The van der Waals surface area contributed by atoms with Crippen LogP contribution in [0.15, 0.2) is 22.5 Å². The number of hydrogen-bond donors (Lipinski definition) is 2. The quantitative estimate of drug-likeness (QED) is 0.221. The summed E-state index contributed by atoms with van der Waals surface area (Å²) in [6.07, 6.45) is 4.09. The number of piperidine rings is 2. The lowest BCUT2D eigenvalue weighted by Gasteiger charge is -2.35. The summed E-state index contributed by atoms with van der Waals surface area (Å²) >= 11 is 1.79. The molecule has 2 saturated heterocycles. The molecule has 9 heteroatoms. The standard InChI is InChI=1S/C22H35N5O2S.HI/c1-3-23-22(24-11-14-27-20(28)7-4-8-21(27)29)25-16-18(19-6-5-15-30-19)26-12-9-17(2)10-13-26;/h5-6,15,17-18H,3-4,7-14,16H2,1-2H3,(H2,23,24,25);1H. The van der Waals surface area contributed by atoms with Crippen molar-refractivity contribution >= 4 is 53.1 Å². The van der Waals surface area contributed by atoms with Gasteiger partial charge in [0.1, 0.15) is 0 Å². The second-order valence-electron chi connectivity index (χ2n) is 8.19. The largest absolute Gasteiger partial charge is 0.357 e. The van der Waals surface area contributed by atoms with Crippen LogP contribution in [0.4, 0.5) is 0 Å². The molecule has 2 N–H and O–H groups in total. The van der Waals surface area contributed by atoms with Crippen LogP contribution in [-0.4, -0.2) is 66.8 Å². The lowest BCUT2D eigenvalue weighted by Crippen LogP contribution is -2.46. The molecule has 0 aliphatic carbocycles. The van der Waals surface area contributed by atoms with Crippen molar-refractivity contribution in [3.63, 3.8) is 0 Å². The number of guanidine groups is 1. The number of hydrogen-bond acceptors (Lipinski definition) is 5. The van der Waals surface area contributed by atoms with E-state index in [0.29, 0.717) is 44.9 Å². The van der Waals surface area contributed by atoms with E-state index in [-0.39, 0.29) is 35.8 Å². The smallest absolute Gasteiger partial charge is 0.229 e. The van der Waals surface area contributed by atoms with Gasteiger partial charge in [0.25, 0.3) is 0 Å². The number of halogens is 1. The number of rotatable bonds is 8. The summed E-state index contributed by atoms with van der Waals surface area (Å²) in [4.78, 5) is 34.1. The molecule has 2 amide bonds. The van der Waals surface area contributed by atoms with Crippen molar-refractivity contribution in [2.45, 2.75) is 52.0 Å². The summed E-state index contributed by atoms with van der Waals surface area (Å²) in [6.45, 7) is 8.95. The SMILES string of the molecule is CCNC(=NCC(c1cccs1)N1CCC(C)CC1)NCCN1C(=O)CCCC1=O.I. The van der Waals surface area contributed by atoms with Crippen LogP contribution in [0.1, 0.15) is 56.9 Å². The van der Waals surface area contributed by atoms with Gasteiger partial charge in [0.15, 0.2) is 5.96 Å². The average Bonchev–Trinajstić information content (AvgIpc) is 3.26. The normalized spacial score (nSPS) is 19.8. The van der Waals surface area contributed by atoms with Gasteiger partial charge < -0.3 is 10.6 Å². The van der Waals surface area contributed by atoms with Gasteiger partial charge in [-0.1, -0.05) is 13.0 Å². The number of thiophene rings is 1. The van der Waals surface area contributed by atoms with Crippen molar-refractivity contribution < 1.29 is 9.59 Å². The fraction of sp³-hybridized carbons (Fsp3) is 0.682. The third-order valence-corrected chi connectivity index (χ3v) is 6.88. The molecule has 1 aromatic heterocycles. The molecule has 174 valence electrons. The molecule has 2 aliphatic heterocycles. The molecule has 1 aromatic rings. The molecule has 1 atom stereocenters. The fourth-order valence-corrected chi connectivity index (χ4v) is 4.91.